The Morgan fingerprint density at radius 2 is 1.95 bits per heavy atom. The molecule has 0 radical (unpaired) electrons. The lowest BCUT2D eigenvalue weighted by atomic mass is 9.72. The molecule has 1 aromatic rings. The zero-order chi connectivity index (χ0) is 14.9. The fourth-order valence-electron chi connectivity index (χ4n) is 3.50. The van der Waals surface area contributed by atoms with E-state index in [1.807, 2.05) is 12.4 Å². The van der Waals surface area contributed by atoms with Gasteiger partial charge < -0.3 is 4.74 Å². The first-order valence-corrected chi connectivity index (χ1v) is 9.15. The molecule has 116 valence electrons. The predicted molar refractivity (Wildman–Crippen MR) is 78.2 cm³/mol. The van der Waals surface area contributed by atoms with Crippen molar-refractivity contribution in [1.29, 1.82) is 0 Å². The SMILES string of the molecule is CS(=O)(=O)N1CCC2(CCO[C@@H]2Cc2cncnc2)CC1. The minimum absolute atomic E-state index is 0.108. The van der Waals surface area contributed by atoms with E-state index in [1.54, 1.807) is 4.31 Å². The minimum atomic E-state index is -3.08. The average molecular weight is 311 g/mol. The lowest BCUT2D eigenvalue weighted by Crippen LogP contribution is -2.46. The molecular formula is C14H21N3O3S. The highest BCUT2D eigenvalue weighted by Crippen LogP contribution is 2.45. The van der Waals surface area contributed by atoms with Crippen molar-refractivity contribution in [2.24, 2.45) is 5.41 Å². The van der Waals surface area contributed by atoms with E-state index in [1.165, 1.54) is 12.6 Å². The molecule has 0 N–H and O–H groups in total. The van der Waals surface area contributed by atoms with Crippen LogP contribution in [0.15, 0.2) is 18.7 Å². The number of rotatable bonds is 3. The van der Waals surface area contributed by atoms with Crippen molar-refractivity contribution >= 4 is 10.0 Å². The van der Waals surface area contributed by atoms with Gasteiger partial charge in [0.1, 0.15) is 6.33 Å². The zero-order valence-corrected chi connectivity index (χ0v) is 13.1. The summed E-state index contributed by atoms with van der Waals surface area (Å²) in [6, 6.07) is 0. The average Bonchev–Trinajstić information content (AvgIpc) is 2.82. The van der Waals surface area contributed by atoms with Gasteiger partial charge in [0, 0.05) is 43.9 Å². The Morgan fingerprint density at radius 1 is 1.29 bits per heavy atom. The molecule has 2 saturated heterocycles. The maximum Gasteiger partial charge on any atom is 0.211 e. The van der Waals surface area contributed by atoms with Crippen molar-refractivity contribution in [3.63, 3.8) is 0 Å². The third-order valence-corrected chi connectivity index (χ3v) is 6.13. The van der Waals surface area contributed by atoms with E-state index in [-0.39, 0.29) is 11.5 Å². The predicted octanol–water partition coefficient (Wildman–Crippen LogP) is 0.850. The van der Waals surface area contributed by atoms with E-state index >= 15 is 0 Å². The van der Waals surface area contributed by atoms with Crippen molar-refractivity contribution in [2.45, 2.75) is 31.8 Å². The van der Waals surface area contributed by atoms with E-state index in [0.717, 1.165) is 37.9 Å². The summed E-state index contributed by atoms with van der Waals surface area (Å²) in [4.78, 5) is 8.10. The first-order chi connectivity index (χ1) is 10.00. The van der Waals surface area contributed by atoms with Crippen molar-refractivity contribution in [3.8, 4) is 0 Å². The van der Waals surface area contributed by atoms with Gasteiger partial charge in [0.15, 0.2) is 0 Å². The fraction of sp³-hybridized carbons (Fsp3) is 0.714. The molecule has 0 amide bonds. The van der Waals surface area contributed by atoms with Crippen LogP contribution in [0, 0.1) is 5.41 Å². The maximum atomic E-state index is 11.6. The van der Waals surface area contributed by atoms with Crippen LogP contribution >= 0.6 is 0 Å². The summed E-state index contributed by atoms with van der Waals surface area (Å²) < 4.78 is 30.8. The van der Waals surface area contributed by atoms with Crippen LogP contribution in [0.25, 0.3) is 0 Å². The molecule has 0 unspecified atom stereocenters. The van der Waals surface area contributed by atoms with E-state index in [4.69, 9.17) is 4.74 Å². The number of aromatic nitrogens is 2. The van der Waals surface area contributed by atoms with Crippen molar-refractivity contribution < 1.29 is 13.2 Å². The van der Waals surface area contributed by atoms with E-state index < -0.39 is 10.0 Å². The maximum absolute atomic E-state index is 11.6. The molecule has 0 bridgehead atoms. The molecule has 3 heterocycles. The molecular weight excluding hydrogens is 290 g/mol. The topological polar surface area (TPSA) is 72.4 Å². The van der Waals surface area contributed by atoms with Crippen LogP contribution in [-0.2, 0) is 21.2 Å². The van der Waals surface area contributed by atoms with Gasteiger partial charge in [-0.3, -0.25) is 0 Å². The van der Waals surface area contributed by atoms with Gasteiger partial charge in [0.25, 0.3) is 0 Å². The lowest BCUT2D eigenvalue weighted by Gasteiger charge is -2.41. The summed E-state index contributed by atoms with van der Waals surface area (Å²) in [7, 11) is -3.08. The Morgan fingerprint density at radius 3 is 2.57 bits per heavy atom. The normalized spacial score (nSPS) is 26.2. The molecule has 7 heteroatoms. The van der Waals surface area contributed by atoms with E-state index in [0.29, 0.717) is 13.1 Å². The second-order valence-electron chi connectivity index (χ2n) is 6.08. The van der Waals surface area contributed by atoms with E-state index in [9.17, 15) is 8.42 Å². The quantitative estimate of drug-likeness (QED) is 0.827. The number of piperidine rings is 1. The summed E-state index contributed by atoms with van der Waals surface area (Å²) >= 11 is 0. The smallest absolute Gasteiger partial charge is 0.211 e. The first-order valence-electron chi connectivity index (χ1n) is 7.30. The number of hydrogen-bond donors (Lipinski definition) is 0. The molecule has 3 rings (SSSR count). The minimum Gasteiger partial charge on any atom is -0.377 e. The molecule has 2 fully saturated rings. The number of hydrogen-bond acceptors (Lipinski definition) is 5. The Labute approximate surface area is 125 Å². The van der Waals surface area contributed by atoms with Gasteiger partial charge in [-0.25, -0.2) is 22.7 Å². The Balaban J connectivity index is 1.70. The molecule has 0 saturated carbocycles. The largest absolute Gasteiger partial charge is 0.377 e. The molecule has 2 aliphatic heterocycles. The van der Waals surface area contributed by atoms with Crippen LogP contribution in [0.1, 0.15) is 24.8 Å². The lowest BCUT2D eigenvalue weighted by molar-refractivity contribution is 0.0221. The zero-order valence-electron chi connectivity index (χ0n) is 12.2. The van der Waals surface area contributed by atoms with Crippen molar-refractivity contribution in [3.05, 3.63) is 24.3 Å². The van der Waals surface area contributed by atoms with Gasteiger partial charge in [0.2, 0.25) is 10.0 Å². The highest BCUT2D eigenvalue weighted by Gasteiger charge is 2.46. The molecule has 2 aliphatic rings. The summed E-state index contributed by atoms with van der Waals surface area (Å²) in [6.07, 6.45) is 10.2. The highest BCUT2D eigenvalue weighted by molar-refractivity contribution is 7.88. The van der Waals surface area contributed by atoms with Gasteiger partial charge in [0.05, 0.1) is 12.4 Å². The van der Waals surface area contributed by atoms with Crippen LogP contribution < -0.4 is 0 Å². The van der Waals surface area contributed by atoms with Crippen LogP contribution in [0.2, 0.25) is 0 Å². The highest BCUT2D eigenvalue weighted by atomic mass is 32.2. The Hall–Kier alpha value is -1.05. The number of nitrogens with zero attached hydrogens (tertiary/aromatic N) is 3. The summed E-state index contributed by atoms with van der Waals surface area (Å²) in [6.45, 7) is 1.96. The first kappa shape index (κ1) is 14.9. The summed E-state index contributed by atoms with van der Waals surface area (Å²) in [5.74, 6) is 0. The van der Waals surface area contributed by atoms with Crippen LogP contribution in [0.5, 0.6) is 0 Å². The Kier molecular flexibility index (Phi) is 3.98. The second-order valence-corrected chi connectivity index (χ2v) is 8.07. The van der Waals surface area contributed by atoms with Gasteiger partial charge >= 0.3 is 0 Å². The monoisotopic (exact) mass is 311 g/mol. The third-order valence-electron chi connectivity index (χ3n) is 4.82. The molecule has 0 aromatic carbocycles. The fourth-order valence-corrected chi connectivity index (χ4v) is 4.35. The standard InChI is InChI=1S/C14H21N3O3S/c1-21(18,19)17-5-2-14(3-6-17)4-7-20-13(14)8-12-9-15-11-16-10-12/h9-11,13H,2-8H2,1H3/t13-/m1/s1. The number of ether oxygens (including phenoxy) is 1. The van der Waals surface area contributed by atoms with Crippen LogP contribution in [0.4, 0.5) is 0 Å². The van der Waals surface area contributed by atoms with Gasteiger partial charge in [-0.1, -0.05) is 0 Å². The van der Waals surface area contributed by atoms with E-state index in [2.05, 4.69) is 9.97 Å². The molecule has 21 heavy (non-hydrogen) atoms. The second kappa shape index (κ2) is 5.62. The molecule has 1 atom stereocenters. The Bertz CT molecular complexity index is 583. The van der Waals surface area contributed by atoms with Crippen molar-refractivity contribution in [1.82, 2.24) is 14.3 Å². The summed E-state index contributed by atoms with van der Waals surface area (Å²) in [5.41, 5.74) is 1.19. The van der Waals surface area contributed by atoms with Gasteiger partial charge in [-0.2, -0.15) is 0 Å². The van der Waals surface area contributed by atoms with Gasteiger partial charge in [-0.05, 0) is 24.8 Å². The van der Waals surface area contributed by atoms with Gasteiger partial charge in [-0.15, -0.1) is 0 Å². The summed E-state index contributed by atoms with van der Waals surface area (Å²) in [5, 5.41) is 0. The van der Waals surface area contributed by atoms with Crippen LogP contribution in [0.3, 0.4) is 0 Å². The molecule has 6 nitrogen and oxygen atoms in total. The third kappa shape index (κ3) is 3.09. The number of sulfonamides is 1. The van der Waals surface area contributed by atoms with Crippen molar-refractivity contribution in [2.75, 3.05) is 26.0 Å². The molecule has 1 spiro atoms. The van der Waals surface area contributed by atoms with Crippen LogP contribution in [-0.4, -0.2) is 54.7 Å². The molecule has 0 aliphatic carbocycles. The molecule has 1 aromatic heterocycles.